The van der Waals surface area contributed by atoms with Crippen LogP contribution >= 0.6 is 0 Å². The molecule has 1 N–H and O–H groups in total. The van der Waals surface area contributed by atoms with Crippen molar-refractivity contribution in [1.29, 1.82) is 0 Å². The second-order valence-electron chi connectivity index (χ2n) is 5.45. The van der Waals surface area contributed by atoms with Gasteiger partial charge in [-0.25, -0.2) is 0 Å². The van der Waals surface area contributed by atoms with E-state index in [9.17, 15) is 9.59 Å². The number of nitrogens with one attached hydrogen (secondary N) is 1. The van der Waals surface area contributed by atoms with Crippen LogP contribution in [0.5, 0.6) is 0 Å². The molecule has 0 aromatic carbocycles. The third-order valence-electron chi connectivity index (χ3n) is 3.60. The Balaban J connectivity index is 2.34. The average Bonchev–Trinajstić information content (AvgIpc) is 2.28. The lowest BCUT2D eigenvalue weighted by Crippen LogP contribution is -2.34. The van der Waals surface area contributed by atoms with Crippen molar-refractivity contribution in [3.05, 3.63) is 0 Å². The van der Waals surface area contributed by atoms with E-state index in [0.29, 0.717) is 18.4 Å². The molecule has 4 nitrogen and oxygen atoms in total. The molecule has 0 aliphatic heterocycles. The summed E-state index contributed by atoms with van der Waals surface area (Å²) in [5.41, 5.74) is 0. The molecule has 0 radical (unpaired) electrons. The Hall–Kier alpha value is -1.06. The summed E-state index contributed by atoms with van der Waals surface area (Å²) in [6.07, 6.45) is 4.86. The van der Waals surface area contributed by atoms with Crippen molar-refractivity contribution >= 4 is 11.9 Å². The van der Waals surface area contributed by atoms with Gasteiger partial charge in [-0.3, -0.25) is 9.59 Å². The fourth-order valence-electron chi connectivity index (χ4n) is 2.60. The maximum Gasteiger partial charge on any atom is 0.307 e. The van der Waals surface area contributed by atoms with Crippen molar-refractivity contribution in [2.75, 3.05) is 6.54 Å². The quantitative estimate of drug-likeness (QED) is 0.767. The van der Waals surface area contributed by atoms with Gasteiger partial charge in [-0.2, -0.15) is 0 Å². The topological polar surface area (TPSA) is 55.4 Å². The van der Waals surface area contributed by atoms with Crippen molar-refractivity contribution in [1.82, 2.24) is 5.32 Å². The fraction of sp³-hybridized carbons (Fsp3) is 0.857. The minimum absolute atomic E-state index is 0.0728. The maximum atomic E-state index is 11.7. The Morgan fingerprint density at radius 3 is 2.56 bits per heavy atom. The third-order valence-corrected chi connectivity index (χ3v) is 3.60. The van der Waals surface area contributed by atoms with Crippen LogP contribution in [-0.2, 0) is 14.3 Å². The first-order valence-electron chi connectivity index (χ1n) is 6.94. The lowest BCUT2D eigenvalue weighted by Gasteiger charge is -2.33. The molecule has 0 bridgehead atoms. The molecule has 1 amide bonds. The van der Waals surface area contributed by atoms with Gasteiger partial charge >= 0.3 is 5.97 Å². The summed E-state index contributed by atoms with van der Waals surface area (Å²) in [6.45, 7) is 6.19. The summed E-state index contributed by atoms with van der Waals surface area (Å²) in [4.78, 5) is 22.4. The molecule has 0 aromatic heterocycles. The molecule has 0 spiro atoms. The normalized spacial score (nSPS) is 23.8. The summed E-state index contributed by atoms with van der Waals surface area (Å²) in [5.74, 6) is 0.740. The molecular formula is C14H25NO3. The standard InChI is InChI=1S/C14H25NO3/c1-10(2)12-6-4-5-7-13(12)18-14(17)8-9-15-11(3)16/h10,12-13H,4-9H2,1-3H3,(H,15,16)/t12-,13-/m0/s1. The van der Waals surface area contributed by atoms with Crippen LogP contribution < -0.4 is 5.32 Å². The molecule has 1 aliphatic carbocycles. The van der Waals surface area contributed by atoms with Crippen LogP contribution in [0.2, 0.25) is 0 Å². The van der Waals surface area contributed by atoms with Crippen LogP contribution in [0.1, 0.15) is 52.9 Å². The zero-order chi connectivity index (χ0) is 13.5. The summed E-state index contributed by atoms with van der Waals surface area (Å²) in [5, 5.41) is 2.61. The van der Waals surface area contributed by atoms with Crippen LogP contribution in [0.15, 0.2) is 0 Å². The van der Waals surface area contributed by atoms with Crippen molar-refractivity contribution in [3.63, 3.8) is 0 Å². The monoisotopic (exact) mass is 255 g/mol. The lowest BCUT2D eigenvalue weighted by molar-refractivity contribution is -0.154. The first-order chi connectivity index (χ1) is 8.50. The van der Waals surface area contributed by atoms with Crippen molar-refractivity contribution < 1.29 is 14.3 Å². The van der Waals surface area contributed by atoms with Gasteiger partial charge in [0.05, 0.1) is 6.42 Å². The highest BCUT2D eigenvalue weighted by Crippen LogP contribution is 2.32. The van der Waals surface area contributed by atoms with Crippen LogP contribution in [0.4, 0.5) is 0 Å². The molecule has 0 aromatic rings. The summed E-state index contributed by atoms with van der Waals surface area (Å²) in [6, 6.07) is 0. The van der Waals surface area contributed by atoms with E-state index in [-0.39, 0.29) is 24.4 Å². The van der Waals surface area contributed by atoms with Gasteiger partial charge in [-0.05, 0) is 31.1 Å². The number of esters is 1. The summed E-state index contributed by atoms with van der Waals surface area (Å²) in [7, 11) is 0. The van der Waals surface area contributed by atoms with Crippen molar-refractivity contribution in [2.24, 2.45) is 11.8 Å². The van der Waals surface area contributed by atoms with E-state index in [0.717, 1.165) is 19.3 Å². The summed E-state index contributed by atoms with van der Waals surface area (Å²) < 4.78 is 5.56. The minimum Gasteiger partial charge on any atom is -0.462 e. The van der Waals surface area contributed by atoms with E-state index >= 15 is 0 Å². The fourth-order valence-corrected chi connectivity index (χ4v) is 2.60. The van der Waals surface area contributed by atoms with Crippen LogP contribution in [0, 0.1) is 11.8 Å². The number of carbonyl (C=O) groups is 2. The van der Waals surface area contributed by atoms with E-state index in [1.807, 2.05) is 0 Å². The molecule has 1 saturated carbocycles. The highest BCUT2D eigenvalue weighted by Gasteiger charge is 2.30. The van der Waals surface area contributed by atoms with Gasteiger partial charge in [0.1, 0.15) is 6.10 Å². The van der Waals surface area contributed by atoms with E-state index in [1.54, 1.807) is 0 Å². The average molecular weight is 255 g/mol. The van der Waals surface area contributed by atoms with E-state index in [2.05, 4.69) is 19.2 Å². The molecule has 0 unspecified atom stereocenters. The molecule has 0 heterocycles. The Labute approximate surface area is 109 Å². The Morgan fingerprint density at radius 2 is 1.94 bits per heavy atom. The van der Waals surface area contributed by atoms with Crippen molar-refractivity contribution in [2.45, 2.75) is 59.0 Å². The van der Waals surface area contributed by atoms with Crippen LogP contribution in [0.3, 0.4) is 0 Å². The van der Waals surface area contributed by atoms with E-state index < -0.39 is 0 Å². The smallest absolute Gasteiger partial charge is 0.307 e. The number of carbonyl (C=O) groups excluding carboxylic acids is 2. The molecule has 104 valence electrons. The minimum atomic E-state index is -0.193. The lowest BCUT2D eigenvalue weighted by atomic mass is 9.79. The van der Waals surface area contributed by atoms with Gasteiger partial charge in [0.15, 0.2) is 0 Å². The maximum absolute atomic E-state index is 11.7. The number of hydrogen-bond donors (Lipinski definition) is 1. The van der Waals surface area contributed by atoms with Gasteiger partial charge in [0.2, 0.25) is 5.91 Å². The third kappa shape index (κ3) is 5.07. The van der Waals surface area contributed by atoms with Gasteiger partial charge in [0, 0.05) is 13.5 Å². The Morgan fingerprint density at radius 1 is 1.28 bits per heavy atom. The number of rotatable bonds is 5. The van der Waals surface area contributed by atoms with Gasteiger partial charge in [-0.15, -0.1) is 0 Å². The second-order valence-corrected chi connectivity index (χ2v) is 5.45. The highest BCUT2D eigenvalue weighted by atomic mass is 16.5. The molecule has 1 fully saturated rings. The first-order valence-corrected chi connectivity index (χ1v) is 6.94. The number of hydrogen-bond acceptors (Lipinski definition) is 3. The Kier molecular flexibility index (Phi) is 6.16. The zero-order valence-electron chi connectivity index (χ0n) is 11.7. The van der Waals surface area contributed by atoms with Gasteiger partial charge in [-0.1, -0.05) is 20.3 Å². The number of ether oxygens (including phenoxy) is 1. The molecule has 0 saturated heterocycles. The highest BCUT2D eigenvalue weighted by molar-refractivity contribution is 5.74. The molecule has 4 heteroatoms. The molecule has 2 atom stereocenters. The molecular weight excluding hydrogens is 230 g/mol. The first kappa shape index (κ1) is 15.0. The number of amides is 1. The largest absolute Gasteiger partial charge is 0.462 e. The Bertz CT molecular complexity index is 289. The SMILES string of the molecule is CC(=O)NCCC(=O)O[C@H]1CCCC[C@H]1C(C)C. The molecule has 18 heavy (non-hydrogen) atoms. The van der Waals surface area contributed by atoms with E-state index in [1.165, 1.54) is 13.3 Å². The van der Waals surface area contributed by atoms with Crippen LogP contribution in [0.25, 0.3) is 0 Å². The van der Waals surface area contributed by atoms with Gasteiger partial charge < -0.3 is 10.1 Å². The van der Waals surface area contributed by atoms with Crippen LogP contribution in [-0.4, -0.2) is 24.5 Å². The summed E-state index contributed by atoms with van der Waals surface area (Å²) >= 11 is 0. The van der Waals surface area contributed by atoms with Gasteiger partial charge in [0.25, 0.3) is 0 Å². The second kappa shape index (κ2) is 7.39. The molecule has 1 aliphatic rings. The van der Waals surface area contributed by atoms with Crippen molar-refractivity contribution in [3.8, 4) is 0 Å². The predicted octanol–water partition coefficient (Wildman–Crippen LogP) is 2.27. The zero-order valence-corrected chi connectivity index (χ0v) is 11.7. The predicted molar refractivity (Wildman–Crippen MR) is 70.0 cm³/mol. The van der Waals surface area contributed by atoms with E-state index in [4.69, 9.17) is 4.74 Å². The molecule has 1 rings (SSSR count).